The first kappa shape index (κ1) is 29.6. The average molecular weight is 542 g/mol. The lowest BCUT2D eigenvalue weighted by molar-refractivity contribution is -0.134. The Hall–Kier alpha value is -2.91. The minimum atomic E-state index is -0.617. The minimum absolute atomic E-state index is 0.0913. The Balaban J connectivity index is 1.88. The van der Waals surface area contributed by atoms with Crippen LogP contribution >= 0.6 is 11.8 Å². The number of nitrogens with one attached hydrogen (secondary N) is 2. The SMILES string of the molecule is COC(OC)C1=N/CCCC(=C\Nc2cc(NC(C)CSC)c(C#N)cn2)/C=C\1CN1CCN(C)CC1=O. The summed E-state index contributed by atoms with van der Waals surface area (Å²) in [5.74, 6) is 1.66. The third-order valence-electron chi connectivity index (χ3n) is 6.36. The number of aromatic nitrogens is 1. The summed E-state index contributed by atoms with van der Waals surface area (Å²) in [5, 5.41) is 16.2. The number of carbonyl (C=O) groups is 1. The maximum absolute atomic E-state index is 12.7. The number of piperazine rings is 1. The predicted molar refractivity (Wildman–Crippen MR) is 154 cm³/mol. The molecule has 1 aromatic rings. The van der Waals surface area contributed by atoms with Gasteiger partial charge in [-0.1, -0.05) is 6.08 Å². The number of nitrogens with zero attached hydrogens (tertiary/aromatic N) is 5. The Morgan fingerprint density at radius 3 is 2.79 bits per heavy atom. The highest BCUT2D eigenvalue weighted by Crippen LogP contribution is 2.22. The molecule has 2 aliphatic heterocycles. The van der Waals surface area contributed by atoms with Gasteiger partial charge in [-0.15, -0.1) is 0 Å². The zero-order valence-electron chi connectivity index (χ0n) is 23.0. The van der Waals surface area contributed by atoms with Crippen molar-refractivity contribution in [2.45, 2.75) is 32.1 Å². The lowest BCUT2D eigenvalue weighted by atomic mass is 10.0. The molecule has 11 heteroatoms. The lowest BCUT2D eigenvalue weighted by Gasteiger charge is -2.33. The van der Waals surface area contributed by atoms with Crippen LogP contribution in [-0.4, -0.2) is 105 Å². The Morgan fingerprint density at radius 1 is 1.32 bits per heavy atom. The maximum atomic E-state index is 12.7. The van der Waals surface area contributed by atoms with Crippen molar-refractivity contribution < 1.29 is 14.3 Å². The molecule has 38 heavy (non-hydrogen) atoms. The zero-order valence-corrected chi connectivity index (χ0v) is 23.8. The summed E-state index contributed by atoms with van der Waals surface area (Å²) < 4.78 is 11.1. The number of thioether (sulfide) groups is 1. The molecule has 0 spiro atoms. The molecule has 0 bridgehead atoms. The van der Waals surface area contributed by atoms with E-state index >= 15 is 0 Å². The van der Waals surface area contributed by atoms with Crippen molar-refractivity contribution in [3.8, 4) is 6.07 Å². The second kappa shape index (κ2) is 14.9. The van der Waals surface area contributed by atoms with Crippen molar-refractivity contribution in [2.24, 2.45) is 4.99 Å². The van der Waals surface area contributed by atoms with Crippen LogP contribution in [0.2, 0.25) is 0 Å². The number of rotatable bonds is 11. The molecule has 1 amide bonds. The molecule has 1 atom stereocenters. The predicted octanol–water partition coefficient (Wildman–Crippen LogP) is 2.97. The number of hydrogen-bond donors (Lipinski definition) is 2. The number of amides is 1. The molecule has 3 rings (SSSR count). The largest absolute Gasteiger partial charge is 0.381 e. The molecular weight excluding hydrogens is 502 g/mol. The van der Waals surface area contributed by atoms with E-state index in [0.717, 1.165) is 42.0 Å². The molecule has 1 saturated heterocycles. The number of allylic oxidation sites excluding steroid dienone is 2. The Labute approximate surface area is 230 Å². The molecule has 0 saturated carbocycles. The Kier molecular flexibility index (Phi) is 11.6. The summed E-state index contributed by atoms with van der Waals surface area (Å²) >= 11 is 1.75. The third-order valence-corrected chi connectivity index (χ3v) is 7.20. The van der Waals surface area contributed by atoms with Gasteiger partial charge in [-0.05, 0) is 44.2 Å². The first-order chi connectivity index (χ1) is 18.4. The van der Waals surface area contributed by atoms with Crippen molar-refractivity contribution in [2.75, 3.05) is 76.6 Å². The van der Waals surface area contributed by atoms with Crippen LogP contribution in [-0.2, 0) is 14.3 Å². The van der Waals surface area contributed by atoms with Gasteiger partial charge in [0.05, 0.1) is 23.5 Å². The van der Waals surface area contributed by atoms with Crippen molar-refractivity contribution in [3.05, 3.63) is 41.2 Å². The molecule has 2 aliphatic rings. The number of nitriles is 1. The fraction of sp³-hybridized carbons (Fsp3) is 0.556. The second-order valence-corrected chi connectivity index (χ2v) is 10.4. The number of ether oxygens (including phenoxy) is 2. The number of likely N-dealkylation sites (N-methyl/N-ethyl adjacent to an activating group) is 1. The van der Waals surface area contributed by atoms with Gasteiger partial charge in [0.2, 0.25) is 5.91 Å². The van der Waals surface area contributed by atoms with Gasteiger partial charge in [-0.3, -0.25) is 14.7 Å². The van der Waals surface area contributed by atoms with E-state index in [4.69, 9.17) is 14.5 Å². The summed E-state index contributed by atoms with van der Waals surface area (Å²) in [4.78, 5) is 25.8. The number of methoxy groups -OCH3 is 2. The first-order valence-corrected chi connectivity index (χ1v) is 14.2. The quantitative estimate of drug-likeness (QED) is 0.408. The van der Waals surface area contributed by atoms with Crippen LogP contribution in [0.4, 0.5) is 11.5 Å². The molecular formula is C27H39N7O3S. The first-order valence-electron chi connectivity index (χ1n) is 12.8. The highest BCUT2D eigenvalue weighted by molar-refractivity contribution is 7.98. The molecule has 0 aliphatic carbocycles. The van der Waals surface area contributed by atoms with Crippen molar-refractivity contribution in [1.82, 2.24) is 14.8 Å². The minimum Gasteiger partial charge on any atom is -0.381 e. The van der Waals surface area contributed by atoms with Gasteiger partial charge in [0.1, 0.15) is 11.9 Å². The van der Waals surface area contributed by atoms with Crippen LogP contribution in [0.15, 0.2) is 40.7 Å². The molecule has 1 fully saturated rings. The van der Waals surface area contributed by atoms with Gasteiger partial charge in [-0.2, -0.15) is 17.0 Å². The summed E-state index contributed by atoms with van der Waals surface area (Å²) in [5.41, 5.74) is 3.91. The molecule has 1 aromatic heterocycles. The summed E-state index contributed by atoms with van der Waals surface area (Å²) in [7, 11) is 5.14. The van der Waals surface area contributed by atoms with Crippen LogP contribution in [0.25, 0.3) is 0 Å². The van der Waals surface area contributed by atoms with E-state index in [-0.39, 0.29) is 11.9 Å². The third kappa shape index (κ3) is 8.30. The Bertz CT molecular complexity index is 1090. The topological polar surface area (TPSA) is 115 Å². The molecule has 3 heterocycles. The van der Waals surface area contributed by atoms with E-state index in [1.54, 1.807) is 32.2 Å². The van der Waals surface area contributed by atoms with Crippen molar-refractivity contribution in [3.63, 3.8) is 0 Å². The van der Waals surface area contributed by atoms with Crippen LogP contribution in [0, 0.1) is 11.3 Å². The standard InChI is InChI=1S/C27H39N7O3S/c1-19(18-38-5)32-23-12-24(31-15-22(23)13-28)30-14-20-7-6-8-29-26(27(36-3)37-4)21(11-20)16-34-10-9-33(2)17-25(34)35/h11-12,14-15,19,27H,6-10,16-18H2,1-5H3,(H2,30,31,32)/b20-14+,21-11-,29-26+. The fourth-order valence-corrected chi connectivity index (χ4v) is 4.99. The van der Waals surface area contributed by atoms with E-state index in [1.165, 1.54) is 0 Å². The summed E-state index contributed by atoms with van der Waals surface area (Å²) in [6.45, 7) is 5.03. The molecule has 206 valence electrons. The lowest BCUT2D eigenvalue weighted by Crippen LogP contribution is -2.50. The maximum Gasteiger partial charge on any atom is 0.237 e. The van der Waals surface area contributed by atoms with Gasteiger partial charge in [0, 0.05) is 70.7 Å². The van der Waals surface area contributed by atoms with E-state index < -0.39 is 6.29 Å². The number of aliphatic imine (C=N–C) groups is 1. The zero-order chi connectivity index (χ0) is 27.5. The van der Waals surface area contributed by atoms with E-state index in [2.05, 4.69) is 40.9 Å². The van der Waals surface area contributed by atoms with Crippen molar-refractivity contribution in [1.29, 1.82) is 5.26 Å². The highest BCUT2D eigenvalue weighted by atomic mass is 32.2. The van der Waals surface area contributed by atoms with Crippen LogP contribution in [0.1, 0.15) is 25.3 Å². The van der Waals surface area contributed by atoms with Gasteiger partial charge in [0.15, 0.2) is 6.29 Å². The van der Waals surface area contributed by atoms with Gasteiger partial charge in [0.25, 0.3) is 0 Å². The molecule has 10 nitrogen and oxygen atoms in total. The Morgan fingerprint density at radius 2 is 2.11 bits per heavy atom. The molecule has 0 aromatic carbocycles. The summed E-state index contributed by atoms with van der Waals surface area (Å²) in [6, 6.07) is 4.29. The molecule has 1 unspecified atom stereocenters. The normalized spacial score (nSPS) is 21.7. The van der Waals surface area contributed by atoms with Gasteiger partial charge >= 0.3 is 0 Å². The number of pyridine rings is 1. The van der Waals surface area contributed by atoms with E-state index in [1.807, 2.05) is 29.1 Å². The molecule has 0 radical (unpaired) electrons. The molecule has 2 N–H and O–H groups in total. The van der Waals surface area contributed by atoms with Gasteiger partial charge in [-0.25, -0.2) is 4.98 Å². The number of carbonyl (C=O) groups excluding carboxylic acids is 1. The van der Waals surface area contributed by atoms with Crippen LogP contribution in [0.3, 0.4) is 0 Å². The second-order valence-electron chi connectivity index (χ2n) is 9.49. The van der Waals surface area contributed by atoms with Crippen LogP contribution in [0.5, 0.6) is 0 Å². The van der Waals surface area contributed by atoms with Gasteiger partial charge < -0.3 is 25.0 Å². The van der Waals surface area contributed by atoms with E-state index in [0.29, 0.717) is 43.3 Å². The number of hydrogen-bond acceptors (Lipinski definition) is 10. The van der Waals surface area contributed by atoms with Crippen LogP contribution < -0.4 is 10.6 Å². The van der Waals surface area contributed by atoms with Crippen molar-refractivity contribution >= 4 is 34.9 Å². The highest BCUT2D eigenvalue weighted by Gasteiger charge is 2.27. The van der Waals surface area contributed by atoms with E-state index in [9.17, 15) is 10.1 Å². The monoisotopic (exact) mass is 541 g/mol. The fourth-order valence-electron chi connectivity index (χ4n) is 4.41. The number of anilines is 2. The smallest absolute Gasteiger partial charge is 0.237 e. The average Bonchev–Trinajstić information content (AvgIpc) is 2.88. The summed E-state index contributed by atoms with van der Waals surface area (Å²) in [6.07, 6.45) is 8.70.